The van der Waals surface area contributed by atoms with Crippen molar-refractivity contribution >= 4 is 12.0 Å². The molecule has 0 radical (unpaired) electrons. The molecule has 4 rings (SSSR count). The van der Waals surface area contributed by atoms with Crippen LogP contribution in [0.1, 0.15) is 18.1 Å². The fourth-order valence-corrected chi connectivity index (χ4v) is 4.76. The third kappa shape index (κ3) is 7.76. The van der Waals surface area contributed by atoms with Gasteiger partial charge >= 0.3 is 5.97 Å². The number of hydrogen-bond acceptors (Lipinski definition) is 15. The van der Waals surface area contributed by atoms with E-state index in [4.69, 9.17) is 23.7 Å². The van der Waals surface area contributed by atoms with Gasteiger partial charge in [0, 0.05) is 6.08 Å². The molecule has 2 heterocycles. The third-order valence-electron chi connectivity index (χ3n) is 7.27. The zero-order chi connectivity index (χ0) is 32.1. The SMILES string of the molecule is C[C@H]1O[C@@H](O[C@H]2[C@H](O)[C@@H](OCCc3ccc(O)c(O)c3)O[C@@H](CO)[C@@H]2OC(=O)/C=C/c2ccc(O)c(O)c2)[C@H](O)[C@@H](O)[C@H]1O. The van der Waals surface area contributed by atoms with Crippen LogP contribution in [0.3, 0.4) is 0 Å². The Hall–Kier alpha value is -3.51. The number of phenolic OH excluding ortho intramolecular Hbond substituents is 4. The van der Waals surface area contributed by atoms with Crippen LogP contribution in [0.2, 0.25) is 0 Å². The van der Waals surface area contributed by atoms with Gasteiger partial charge in [-0.3, -0.25) is 0 Å². The van der Waals surface area contributed by atoms with Gasteiger partial charge in [0.25, 0.3) is 0 Å². The number of rotatable bonds is 10. The lowest BCUT2D eigenvalue weighted by atomic mass is 9.97. The molecule has 2 saturated heterocycles. The fourth-order valence-electron chi connectivity index (χ4n) is 4.76. The van der Waals surface area contributed by atoms with Gasteiger partial charge in [0.05, 0.1) is 19.3 Å². The van der Waals surface area contributed by atoms with Crippen molar-refractivity contribution < 1.29 is 74.4 Å². The molecule has 2 aromatic carbocycles. The Bertz CT molecular complexity index is 1300. The molecule has 0 spiro atoms. The van der Waals surface area contributed by atoms with Crippen molar-refractivity contribution in [3.05, 3.63) is 53.6 Å². The Morgan fingerprint density at radius 1 is 0.818 bits per heavy atom. The zero-order valence-corrected chi connectivity index (χ0v) is 23.5. The molecule has 2 fully saturated rings. The topological polar surface area (TPSA) is 245 Å². The van der Waals surface area contributed by atoms with Gasteiger partial charge in [-0.2, -0.15) is 0 Å². The van der Waals surface area contributed by atoms with E-state index in [9.17, 15) is 50.8 Å². The van der Waals surface area contributed by atoms with Gasteiger partial charge < -0.3 is 69.6 Å². The number of benzene rings is 2. The lowest BCUT2D eigenvalue weighted by Gasteiger charge is -2.46. The first kappa shape index (κ1) is 33.4. The summed E-state index contributed by atoms with van der Waals surface area (Å²) < 4.78 is 28.2. The molecule has 2 aromatic rings. The highest BCUT2D eigenvalue weighted by atomic mass is 16.7. The summed E-state index contributed by atoms with van der Waals surface area (Å²) in [5.74, 6) is -2.40. The van der Waals surface area contributed by atoms with Crippen LogP contribution in [0, 0.1) is 0 Å². The summed E-state index contributed by atoms with van der Waals surface area (Å²) in [5, 5.41) is 90.5. The molecule has 44 heavy (non-hydrogen) atoms. The number of aliphatic hydroxyl groups is 5. The number of esters is 1. The van der Waals surface area contributed by atoms with Gasteiger partial charge in [-0.15, -0.1) is 0 Å². The van der Waals surface area contributed by atoms with Crippen LogP contribution in [0.15, 0.2) is 42.5 Å². The molecule has 0 aromatic heterocycles. The minimum atomic E-state index is -1.77. The van der Waals surface area contributed by atoms with Crippen molar-refractivity contribution in [3.63, 3.8) is 0 Å². The van der Waals surface area contributed by atoms with Crippen molar-refractivity contribution in [1.82, 2.24) is 0 Å². The first-order chi connectivity index (χ1) is 20.9. The van der Waals surface area contributed by atoms with Gasteiger partial charge in [-0.1, -0.05) is 12.1 Å². The predicted molar refractivity (Wildman–Crippen MR) is 147 cm³/mol. The van der Waals surface area contributed by atoms with Crippen molar-refractivity contribution in [3.8, 4) is 23.0 Å². The molecular formula is C29H36O15. The minimum absolute atomic E-state index is 0.0754. The first-order valence-electron chi connectivity index (χ1n) is 13.7. The lowest BCUT2D eigenvalue weighted by Crippen LogP contribution is -2.65. The number of carbonyl (C=O) groups is 1. The molecule has 0 unspecified atom stereocenters. The quantitative estimate of drug-likeness (QED) is 0.0873. The first-order valence-corrected chi connectivity index (χ1v) is 13.7. The maximum atomic E-state index is 12.8. The summed E-state index contributed by atoms with van der Waals surface area (Å²) in [6.45, 7) is 0.606. The summed E-state index contributed by atoms with van der Waals surface area (Å²) in [7, 11) is 0. The monoisotopic (exact) mass is 624 g/mol. The maximum Gasteiger partial charge on any atom is 0.331 e. The third-order valence-corrected chi connectivity index (χ3v) is 7.27. The van der Waals surface area contributed by atoms with Crippen LogP contribution in [0.25, 0.3) is 6.08 Å². The van der Waals surface area contributed by atoms with E-state index in [1.807, 2.05) is 0 Å². The number of ether oxygens (including phenoxy) is 5. The molecule has 0 amide bonds. The highest BCUT2D eigenvalue weighted by Crippen LogP contribution is 2.32. The summed E-state index contributed by atoms with van der Waals surface area (Å²) in [4.78, 5) is 12.8. The average molecular weight is 625 g/mol. The van der Waals surface area contributed by atoms with E-state index in [0.717, 1.165) is 6.08 Å². The normalized spacial score (nSPS) is 32.5. The van der Waals surface area contributed by atoms with Crippen LogP contribution in [-0.2, 0) is 34.9 Å². The van der Waals surface area contributed by atoms with E-state index in [2.05, 4.69) is 0 Å². The van der Waals surface area contributed by atoms with Crippen molar-refractivity contribution in [1.29, 1.82) is 0 Å². The second-order valence-electron chi connectivity index (χ2n) is 10.4. The Morgan fingerprint density at radius 3 is 2.16 bits per heavy atom. The largest absolute Gasteiger partial charge is 0.504 e. The number of hydrogen-bond donors (Lipinski definition) is 9. The fraction of sp³-hybridized carbons (Fsp3) is 0.483. The van der Waals surface area contributed by atoms with Gasteiger partial charge in [0.15, 0.2) is 41.7 Å². The zero-order valence-electron chi connectivity index (χ0n) is 23.5. The second-order valence-corrected chi connectivity index (χ2v) is 10.4. The molecule has 2 aliphatic heterocycles. The molecular weight excluding hydrogens is 588 g/mol. The molecule has 0 saturated carbocycles. The van der Waals surface area contributed by atoms with Crippen LogP contribution in [-0.4, -0.2) is 127 Å². The number of aliphatic hydroxyl groups excluding tert-OH is 5. The number of phenols is 4. The van der Waals surface area contributed by atoms with Crippen molar-refractivity contribution in [2.45, 2.75) is 74.8 Å². The van der Waals surface area contributed by atoms with Crippen LogP contribution < -0.4 is 0 Å². The number of carbonyl (C=O) groups excluding carboxylic acids is 1. The highest BCUT2D eigenvalue weighted by molar-refractivity contribution is 5.87. The van der Waals surface area contributed by atoms with E-state index >= 15 is 0 Å². The Balaban J connectivity index is 1.52. The smallest absolute Gasteiger partial charge is 0.331 e. The standard InChI is InChI=1S/C29H36O15/c1-13-22(36)23(37)24(38)29(41-13)44-27-25(39)28(40-9-8-15-3-6-17(32)19(34)11-15)42-20(12-30)26(27)43-21(35)7-4-14-2-5-16(31)18(33)10-14/h2-7,10-11,13,20,22-34,36-39H,8-9,12H2,1H3/b7-4+/t13-,20+,22+,23+,24-,25+,26+,27+,28+,29+/m1/s1. The summed E-state index contributed by atoms with van der Waals surface area (Å²) >= 11 is 0. The maximum absolute atomic E-state index is 12.8. The Labute approximate surface area is 251 Å². The number of aromatic hydroxyl groups is 4. The molecule has 10 atom stereocenters. The van der Waals surface area contributed by atoms with Crippen molar-refractivity contribution in [2.24, 2.45) is 0 Å². The van der Waals surface area contributed by atoms with E-state index in [1.165, 1.54) is 43.3 Å². The summed E-state index contributed by atoms with van der Waals surface area (Å²) in [6.07, 6.45) is -12.6. The second kappa shape index (κ2) is 14.5. The van der Waals surface area contributed by atoms with Gasteiger partial charge in [0.2, 0.25) is 0 Å². The van der Waals surface area contributed by atoms with Crippen molar-refractivity contribution in [2.75, 3.05) is 13.2 Å². The van der Waals surface area contributed by atoms with Gasteiger partial charge in [0.1, 0.15) is 36.6 Å². The van der Waals surface area contributed by atoms with Crippen LogP contribution >= 0.6 is 0 Å². The van der Waals surface area contributed by atoms with Gasteiger partial charge in [-0.25, -0.2) is 4.79 Å². The van der Waals surface area contributed by atoms with E-state index in [1.54, 1.807) is 6.07 Å². The molecule has 242 valence electrons. The molecule has 0 aliphatic carbocycles. The summed E-state index contributed by atoms with van der Waals surface area (Å²) in [5.41, 5.74) is 0.914. The van der Waals surface area contributed by atoms with Gasteiger partial charge in [-0.05, 0) is 54.8 Å². The average Bonchev–Trinajstić information content (AvgIpc) is 2.99. The highest BCUT2D eigenvalue weighted by Gasteiger charge is 2.52. The molecule has 2 aliphatic rings. The molecule has 0 bridgehead atoms. The minimum Gasteiger partial charge on any atom is -0.504 e. The molecule has 15 nitrogen and oxygen atoms in total. The van der Waals surface area contributed by atoms with Crippen LogP contribution in [0.5, 0.6) is 23.0 Å². The predicted octanol–water partition coefficient (Wildman–Crippen LogP) is -1.02. The van der Waals surface area contributed by atoms with E-state index in [0.29, 0.717) is 11.1 Å². The molecule has 9 N–H and O–H groups in total. The van der Waals surface area contributed by atoms with E-state index in [-0.39, 0.29) is 30.3 Å². The van der Waals surface area contributed by atoms with E-state index < -0.39 is 79.7 Å². The Kier molecular flexibility index (Phi) is 11.0. The molecule has 15 heteroatoms. The van der Waals surface area contributed by atoms with Crippen LogP contribution in [0.4, 0.5) is 0 Å². The summed E-state index contributed by atoms with van der Waals surface area (Å²) in [6, 6.07) is 7.98. The Morgan fingerprint density at radius 2 is 1.50 bits per heavy atom. The lowest BCUT2D eigenvalue weighted by molar-refractivity contribution is -0.357.